The zero-order valence-electron chi connectivity index (χ0n) is 11.0. The van der Waals surface area contributed by atoms with Crippen LogP contribution in [0, 0.1) is 0 Å². The van der Waals surface area contributed by atoms with E-state index in [-0.39, 0.29) is 11.7 Å². The molecule has 21 heavy (non-hydrogen) atoms. The zero-order chi connectivity index (χ0) is 15.5. The number of furan rings is 1. The van der Waals surface area contributed by atoms with E-state index >= 15 is 0 Å². The fourth-order valence-electron chi connectivity index (χ4n) is 1.90. The molecule has 114 valence electrons. The lowest BCUT2D eigenvalue weighted by Crippen LogP contribution is -2.46. The van der Waals surface area contributed by atoms with Crippen LogP contribution < -0.4 is 0 Å². The maximum atomic E-state index is 12.0. The van der Waals surface area contributed by atoms with Gasteiger partial charge in [0.05, 0.1) is 6.26 Å². The van der Waals surface area contributed by atoms with Crippen molar-refractivity contribution in [2.45, 2.75) is 6.18 Å². The third-order valence-electron chi connectivity index (χ3n) is 3.05. The number of piperazine rings is 1. The zero-order valence-corrected chi connectivity index (χ0v) is 11.0. The van der Waals surface area contributed by atoms with Gasteiger partial charge in [-0.15, -0.1) is 0 Å². The van der Waals surface area contributed by atoms with Gasteiger partial charge in [0.15, 0.2) is 5.76 Å². The van der Waals surface area contributed by atoms with Gasteiger partial charge in [0.1, 0.15) is 0 Å². The van der Waals surface area contributed by atoms with E-state index in [9.17, 15) is 22.8 Å². The number of alkyl halides is 3. The molecule has 1 saturated heterocycles. The number of amides is 1. The molecular formula is C13H13F3N2O3. The Kier molecular flexibility index (Phi) is 4.35. The van der Waals surface area contributed by atoms with Crippen molar-refractivity contribution < 1.29 is 27.2 Å². The summed E-state index contributed by atoms with van der Waals surface area (Å²) in [7, 11) is 0. The Hall–Kier alpha value is -2.25. The summed E-state index contributed by atoms with van der Waals surface area (Å²) < 4.78 is 41.1. The minimum Gasteiger partial charge on any atom is -0.459 e. The number of hydrogen-bond donors (Lipinski definition) is 0. The smallest absolute Gasteiger partial charge is 0.454 e. The van der Waals surface area contributed by atoms with E-state index in [0.29, 0.717) is 32.3 Å². The van der Waals surface area contributed by atoms with Crippen LogP contribution in [0.1, 0.15) is 10.6 Å². The molecule has 0 atom stereocenters. The molecule has 1 aliphatic rings. The predicted octanol–water partition coefficient (Wildman–Crippen LogP) is 1.68. The Morgan fingerprint density at radius 1 is 1.19 bits per heavy atom. The highest BCUT2D eigenvalue weighted by Crippen LogP contribution is 2.17. The number of allylic oxidation sites excluding steroid dienone is 1. The third kappa shape index (κ3) is 3.87. The van der Waals surface area contributed by atoms with Gasteiger partial charge < -0.3 is 14.2 Å². The summed E-state index contributed by atoms with van der Waals surface area (Å²) in [5.74, 6) is -1.92. The molecule has 0 radical (unpaired) electrons. The number of carbonyl (C=O) groups excluding carboxylic acids is 2. The minimum atomic E-state index is -4.85. The molecule has 0 unspecified atom stereocenters. The van der Waals surface area contributed by atoms with Crippen LogP contribution in [-0.2, 0) is 4.79 Å². The first-order chi connectivity index (χ1) is 9.88. The van der Waals surface area contributed by atoms with Crippen molar-refractivity contribution in [3.8, 4) is 0 Å². The third-order valence-corrected chi connectivity index (χ3v) is 3.05. The van der Waals surface area contributed by atoms with Crippen LogP contribution in [-0.4, -0.2) is 53.8 Å². The summed E-state index contributed by atoms with van der Waals surface area (Å²) in [5.41, 5.74) is 0. The van der Waals surface area contributed by atoms with Crippen LogP contribution in [0.15, 0.2) is 35.1 Å². The fourth-order valence-corrected chi connectivity index (χ4v) is 1.90. The molecule has 1 amide bonds. The molecule has 0 saturated carbocycles. The summed E-state index contributed by atoms with van der Waals surface area (Å²) in [6.45, 7) is 1.41. The maximum absolute atomic E-state index is 12.0. The van der Waals surface area contributed by atoms with E-state index in [1.54, 1.807) is 21.9 Å². The average molecular weight is 302 g/mol. The quantitative estimate of drug-likeness (QED) is 0.797. The van der Waals surface area contributed by atoms with Crippen LogP contribution in [0.5, 0.6) is 0 Å². The Morgan fingerprint density at radius 3 is 2.38 bits per heavy atom. The maximum Gasteiger partial charge on any atom is 0.454 e. The van der Waals surface area contributed by atoms with Gasteiger partial charge in [-0.05, 0) is 12.1 Å². The van der Waals surface area contributed by atoms with Crippen molar-refractivity contribution in [3.63, 3.8) is 0 Å². The van der Waals surface area contributed by atoms with Gasteiger partial charge in [0.2, 0.25) is 0 Å². The number of nitrogens with zero attached hydrogens (tertiary/aromatic N) is 2. The highest BCUT2D eigenvalue weighted by molar-refractivity contribution is 5.94. The van der Waals surface area contributed by atoms with Crippen molar-refractivity contribution in [2.75, 3.05) is 26.2 Å². The van der Waals surface area contributed by atoms with Crippen LogP contribution >= 0.6 is 0 Å². The average Bonchev–Trinajstić information content (AvgIpc) is 2.97. The second-order valence-corrected chi connectivity index (χ2v) is 4.48. The van der Waals surface area contributed by atoms with Crippen molar-refractivity contribution >= 4 is 11.7 Å². The van der Waals surface area contributed by atoms with Crippen molar-refractivity contribution in [2.24, 2.45) is 0 Å². The van der Waals surface area contributed by atoms with Gasteiger partial charge in [-0.2, -0.15) is 13.2 Å². The molecular weight excluding hydrogens is 289 g/mol. The SMILES string of the molecule is O=C(c1ccco1)N1CCN(C=CC(=O)C(F)(F)F)CC1. The molecule has 8 heteroatoms. The molecule has 2 rings (SSSR count). The molecule has 0 aliphatic carbocycles. The number of carbonyl (C=O) groups is 2. The molecule has 0 N–H and O–H groups in total. The van der Waals surface area contributed by atoms with Gasteiger partial charge in [0, 0.05) is 38.5 Å². The van der Waals surface area contributed by atoms with E-state index in [0.717, 1.165) is 6.20 Å². The van der Waals surface area contributed by atoms with Crippen LogP contribution in [0.4, 0.5) is 13.2 Å². The summed E-state index contributed by atoms with van der Waals surface area (Å²) in [4.78, 5) is 25.8. The van der Waals surface area contributed by atoms with E-state index in [1.807, 2.05) is 0 Å². The lowest BCUT2D eigenvalue weighted by Gasteiger charge is -2.33. The number of ketones is 1. The lowest BCUT2D eigenvalue weighted by atomic mass is 10.3. The normalized spacial score (nSPS) is 16.5. The highest BCUT2D eigenvalue weighted by Gasteiger charge is 2.36. The molecule has 1 aromatic heterocycles. The Bertz CT molecular complexity index is 529. The second-order valence-electron chi connectivity index (χ2n) is 4.48. The summed E-state index contributed by atoms with van der Waals surface area (Å²) in [6.07, 6.45) is -1.84. The largest absolute Gasteiger partial charge is 0.459 e. The predicted molar refractivity (Wildman–Crippen MR) is 66.4 cm³/mol. The van der Waals surface area contributed by atoms with E-state index in [1.165, 1.54) is 6.26 Å². The molecule has 2 heterocycles. The van der Waals surface area contributed by atoms with E-state index in [4.69, 9.17) is 4.42 Å². The summed E-state index contributed by atoms with van der Waals surface area (Å²) in [6, 6.07) is 3.16. The van der Waals surface area contributed by atoms with Crippen molar-refractivity contribution in [3.05, 3.63) is 36.4 Å². The molecule has 5 nitrogen and oxygen atoms in total. The monoisotopic (exact) mass is 302 g/mol. The van der Waals surface area contributed by atoms with E-state index in [2.05, 4.69) is 0 Å². The van der Waals surface area contributed by atoms with Gasteiger partial charge >= 0.3 is 6.18 Å². The fraction of sp³-hybridized carbons (Fsp3) is 0.385. The Morgan fingerprint density at radius 2 is 1.86 bits per heavy atom. The minimum absolute atomic E-state index is 0.228. The molecule has 0 bridgehead atoms. The number of hydrogen-bond acceptors (Lipinski definition) is 4. The van der Waals surface area contributed by atoms with Gasteiger partial charge in [-0.25, -0.2) is 0 Å². The molecule has 0 spiro atoms. The summed E-state index contributed by atoms with van der Waals surface area (Å²) in [5, 5.41) is 0. The number of rotatable bonds is 3. The van der Waals surface area contributed by atoms with Crippen LogP contribution in [0.25, 0.3) is 0 Å². The molecule has 0 aromatic carbocycles. The Balaban J connectivity index is 1.85. The topological polar surface area (TPSA) is 53.8 Å². The van der Waals surface area contributed by atoms with Crippen molar-refractivity contribution in [1.29, 1.82) is 0 Å². The molecule has 1 fully saturated rings. The second kappa shape index (κ2) is 6.02. The van der Waals surface area contributed by atoms with Gasteiger partial charge in [0.25, 0.3) is 11.7 Å². The standard InChI is InChI=1S/C13H13F3N2O3/c14-13(15,16)11(19)3-4-17-5-7-18(8-6-17)12(20)10-2-1-9-21-10/h1-4,9H,5-8H2. The van der Waals surface area contributed by atoms with Gasteiger partial charge in [-0.1, -0.05) is 0 Å². The first kappa shape index (κ1) is 15.1. The van der Waals surface area contributed by atoms with Crippen LogP contribution in [0.3, 0.4) is 0 Å². The first-order valence-corrected chi connectivity index (χ1v) is 6.24. The lowest BCUT2D eigenvalue weighted by molar-refractivity contribution is -0.165. The highest BCUT2D eigenvalue weighted by atomic mass is 19.4. The van der Waals surface area contributed by atoms with Gasteiger partial charge in [-0.3, -0.25) is 9.59 Å². The van der Waals surface area contributed by atoms with E-state index < -0.39 is 12.0 Å². The number of halogens is 3. The molecule has 1 aromatic rings. The Labute approximate surface area is 118 Å². The molecule has 1 aliphatic heterocycles. The van der Waals surface area contributed by atoms with Crippen LogP contribution in [0.2, 0.25) is 0 Å². The van der Waals surface area contributed by atoms with Crippen molar-refractivity contribution in [1.82, 2.24) is 9.80 Å². The first-order valence-electron chi connectivity index (χ1n) is 6.24. The summed E-state index contributed by atoms with van der Waals surface area (Å²) >= 11 is 0.